The number of ether oxygens (including phenoxy) is 1. The van der Waals surface area contributed by atoms with Crippen LogP contribution in [0.4, 0.5) is 5.69 Å². The molecular weight excluding hydrogens is 234 g/mol. The first kappa shape index (κ1) is 13.7. The largest absolute Gasteiger partial charge is 0.481 e. The molecule has 5 heteroatoms. The van der Waals surface area contributed by atoms with Crippen LogP contribution >= 0.6 is 12.2 Å². The Morgan fingerprint density at radius 2 is 2.29 bits per heavy atom. The predicted octanol–water partition coefficient (Wildman–Crippen LogP) is 1.98. The zero-order valence-electron chi connectivity index (χ0n) is 10.5. The summed E-state index contributed by atoms with van der Waals surface area (Å²) in [5.41, 5.74) is 6.62. The second-order valence-corrected chi connectivity index (χ2v) is 4.58. The summed E-state index contributed by atoms with van der Waals surface area (Å²) in [5.74, 6) is 0.614. The van der Waals surface area contributed by atoms with Crippen LogP contribution in [-0.2, 0) is 0 Å². The first-order valence-electron chi connectivity index (χ1n) is 5.59. The molecule has 1 aromatic heterocycles. The van der Waals surface area contributed by atoms with Gasteiger partial charge in [-0.1, -0.05) is 12.2 Å². The molecule has 1 aromatic rings. The van der Waals surface area contributed by atoms with E-state index in [0.29, 0.717) is 23.3 Å². The average Bonchev–Trinajstić information content (AvgIpc) is 2.28. The van der Waals surface area contributed by atoms with Crippen LogP contribution in [0.3, 0.4) is 0 Å². The monoisotopic (exact) mass is 253 g/mol. The van der Waals surface area contributed by atoms with Crippen LogP contribution in [0.25, 0.3) is 0 Å². The molecule has 0 unspecified atom stereocenters. The second kappa shape index (κ2) is 6.39. The Balaban J connectivity index is 2.84. The Hall–Kier alpha value is -1.36. The molecule has 17 heavy (non-hydrogen) atoms. The summed E-state index contributed by atoms with van der Waals surface area (Å²) in [4.78, 5) is 6.86. The predicted molar refractivity (Wildman–Crippen MR) is 74.7 cm³/mol. The summed E-state index contributed by atoms with van der Waals surface area (Å²) in [6, 6.07) is 4.25. The lowest BCUT2D eigenvalue weighted by Crippen LogP contribution is -2.33. The third-order valence-corrected chi connectivity index (χ3v) is 2.69. The molecular formula is C12H19N3OS. The molecule has 0 aromatic carbocycles. The summed E-state index contributed by atoms with van der Waals surface area (Å²) in [6.45, 7) is 5.07. The van der Waals surface area contributed by atoms with Crippen molar-refractivity contribution in [2.24, 2.45) is 5.73 Å². The Morgan fingerprint density at radius 1 is 1.59 bits per heavy atom. The van der Waals surface area contributed by atoms with Crippen LogP contribution in [-0.4, -0.2) is 29.7 Å². The molecule has 0 bridgehead atoms. The van der Waals surface area contributed by atoms with Gasteiger partial charge in [-0.15, -0.1) is 0 Å². The van der Waals surface area contributed by atoms with Gasteiger partial charge >= 0.3 is 0 Å². The number of nitrogens with zero attached hydrogens (tertiary/aromatic N) is 2. The standard InChI is InChI=1S/C12H19N3OS/c1-9(2)15(7-5-11(13)17)10-4-6-14-12(8-10)16-3/h4,6,8-9H,5,7H2,1-3H3,(H2,13,17). The SMILES string of the molecule is COc1cc(N(CCC(N)=S)C(C)C)ccn1. The molecule has 1 heterocycles. The fourth-order valence-corrected chi connectivity index (χ4v) is 1.70. The van der Waals surface area contributed by atoms with Gasteiger partial charge in [0.05, 0.1) is 12.1 Å². The third kappa shape index (κ3) is 4.19. The molecule has 0 amide bonds. The first-order valence-corrected chi connectivity index (χ1v) is 6.00. The van der Waals surface area contributed by atoms with Gasteiger partial charge in [0.2, 0.25) is 5.88 Å². The Morgan fingerprint density at radius 3 is 2.82 bits per heavy atom. The highest BCUT2D eigenvalue weighted by molar-refractivity contribution is 7.80. The average molecular weight is 253 g/mol. The zero-order valence-corrected chi connectivity index (χ0v) is 11.3. The summed E-state index contributed by atoms with van der Waals surface area (Å²) in [5, 5.41) is 0. The van der Waals surface area contributed by atoms with Crippen LogP contribution in [0.1, 0.15) is 20.3 Å². The number of methoxy groups -OCH3 is 1. The van der Waals surface area contributed by atoms with Gasteiger partial charge in [-0.2, -0.15) is 0 Å². The van der Waals surface area contributed by atoms with Gasteiger partial charge in [-0.25, -0.2) is 4.98 Å². The minimum absolute atomic E-state index is 0.372. The quantitative estimate of drug-likeness (QED) is 0.786. The number of anilines is 1. The molecule has 0 saturated carbocycles. The fraction of sp³-hybridized carbons (Fsp3) is 0.500. The summed E-state index contributed by atoms with van der Waals surface area (Å²) in [6.07, 6.45) is 2.45. The lowest BCUT2D eigenvalue weighted by molar-refractivity contribution is 0.398. The lowest BCUT2D eigenvalue weighted by Gasteiger charge is -2.29. The van der Waals surface area contributed by atoms with E-state index in [1.54, 1.807) is 13.3 Å². The van der Waals surface area contributed by atoms with E-state index < -0.39 is 0 Å². The van der Waals surface area contributed by atoms with Crippen LogP contribution < -0.4 is 15.4 Å². The normalized spacial score (nSPS) is 10.4. The number of thiocarbonyl (C=S) groups is 1. The molecule has 0 aliphatic rings. The second-order valence-electron chi connectivity index (χ2n) is 4.06. The van der Waals surface area contributed by atoms with E-state index in [9.17, 15) is 0 Å². The number of aromatic nitrogens is 1. The number of pyridine rings is 1. The van der Waals surface area contributed by atoms with Crippen LogP contribution in [0.15, 0.2) is 18.3 Å². The molecule has 0 atom stereocenters. The maximum Gasteiger partial charge on any atom is 0.214 e. The molecule has 4 nitrogen and oxygen atoms in total. The highest BCUT2D eigenvalue weighted by Gasteiger charge is 2.11. The molecule has 0 aliphatic carbocycles. The minimum Gasteiger partial charge on any atom is -0.481 e. The molecule has 0 fully saturated rings. The summed E-state index contributed by atoms with van der Waals surface area (Å²) < 4.78 is 5.12. The van der Waals surface area contributed by atoms with Gasteiger partial charge in [0, 0.05) is 37.0 Å². The molecule has 94 valence electrons. The highest BCUT2D eigenvalue weighted by Crippen LogP contribution is 2.20. The Kier molecular flexibility index (Phi) is 5.15. The van der Waals surface area contributed by atoms with E-state index in [4.69, 9.17) is 22.7 Å². The number of hydrogen-bond donors (Lipinski definition) is 1. The topological polar surface area (TPSA) is 51.4 Å². The van der Waals surface area contributed by atoms with E-state index in [-0.39, 0.29) is 0 Å². The smallest absolute Gasteiger partial charge is 0.214 e. The number of rotatable bonds is 6. The fourth-order valence-electron chi connectivity index (χ4n) is 1.61. The summed E-state index contributed by atoms with van der Waals surface area (Å²) in [7, 11) is 1.61. The maximum absolute atomic E-state index is 5.54. The van der Waals surface area contributed by atoms with Crippen molar-refractivity contribution in [2.75, 3.05) is 18.6 Å². The van der Waals surface area contributed by atoms with Gasteiger partial charge in [0.25, 0.3) is 0 Å². The van der Waals surface area contributed by atoms with Crippen molar-refractivity contribution >= 4 is 22.9 Å². The highest BCUT2D eigenvalue weighted by atomic mass is 32.1. The van der Waals surface area contributed by atoms with Gasteiger partial charge in [-0.3, -0.25) is 0 Å². The van der Waals surface area contributed by atoms with E-state index >= 15 is 0 Å². The van der Waals surface area contributed by atoms with Gasteiger partial charge < -0.3 is 15.4 Å². The van der Waals surface area contributed by atoms with Gasteiger partial charge in [0.1, 0.15) is 0 Å². The van der Waals surface area contributed by atoms with Crippen LogP contribution in [0.2, 0.25) is 0 Å². The van der Waals surface area contributed by atoms with Crippen molar-refractivity contribution < 1.29 is 4.74 Å². The van der Waals surface area contributed by atoms with Crippen molar-refractivity contribution in [1.29, 1.82) is 0 Å². The number of hydrogen-bond acceptors (Lipinski definition) is 4. The summed E-state index contributed by atoms with van der Waals surface area (Å²) >= 11 is 4.91. The molecule has 0 spiro atoms. The van der Waals surface area contributed by atoms with E-state index in [1.165, 1.54) is 0 Å². The van der Waals surface area contributed by atoms with Crippen molar-refractivity contribution in [3.05, 3.63) is 18.3 Å². The van der Waals surface area contributed by atoms with Crippen LogP contribution in [0, 0.1) is 0 Å². The lowest BCUT2D eigenvalue weighted by atomic mass is 10.2. The van der Waals surface area contributed by atoms with E-state index in [2.05, 4.69) is 23.7 Å². The third-order valence-electron chi connectivity index (χ3n) is 2.48. The van der Waals surface area contributed by atoms with E-state index in [1.807, 2.05) is 12.1 Å². The molecule has 1 rings (SSSR count). The van der Waals surface area contributed by atoms with Crippen molar-refractivity contribution in [3.63, 3.8) is 0 Å². The molecule has 0 saturated heterocycles. The Labute approximate surface area is 108 Å². The van der Waals surface area contributed by atoms with Crippen molar-refractivity contribution in [1.82, 2.24) is 4.98 Å². The molecule has 2 N–H and O–H groups in total. The first-order chi connectivity index (χ1) is 8.04. The van der Waals surface area contributed by atoms with Crippen molar-refractivity contribution in [2.45, 2.75) is 26.3 Å². The minimum atomic E-state index is 0.372. The Bertz CT molecular complexity index is 382. The number of nitrogens with two attached hydrogens (primary N) is 1. The van der Waals surface area contributed by atoms with E-state index in [0.717, 1.165) is 12.2 Å². The van der Waals surface area contributed by atoms with Crippen molar-refractivity contribution in [3.8, 4) is 5.88 Å². The van der Waals surface area contributed by atoms with Gasteiger partial charge in [0.15, 0.2) is 0 Å². The van der Waals surface area contributed by atoms with Gasteiger partial charge in [-0.05, 0) is 19.9 Å². The van der Waals surface area contributed by atoms with Crippen LogP contribution in [0.5, 0.6) is 5.88 Å². The molecule has 0 aliphatic heterocycles. The zero-order chi connectivity index (χ0) is 12.8. The molecule has 0 radical (unpaired) electrons. The maximum atomic E-state index is 5.54.